The largest absolute Gasteiger partial charge is 0.478 e. The highest BCUT2D eigenvalue weighted by atomic mass is 32.2. The van der Waals surface area contributed by atoms with Crippen molar-refractivity contribution in [2.24, 2.45) is 0 Å². The summed E-state index contributed by atoms with van der Waals surface area (Å²) < 4.78 is 40.0. The van der Waals surface area contributed by atoms with Crippen LogP contribution in [0.5, 0.6) is 0 Å². The van der Waals surface area contributed by atoms with Crippen LogP contribution in [0.25, 0.3) is 0 Å². The molecule has 1 N–H and O–H groups in total. The highest BCUT2D eigenvalue weighted by molar-refractivity contribution is 7.89. The van der Waals surface area contributed by atoms with Crippen LogP contribution in [0.2, 0.25) is 0 Å². The van der Waals surface area contributed by atoms with E-state index in [1.54, 1.807) is 12.1 Å². The monoisotopic (exact) mass is 363 g/mol. The van der Waals surface area contributed by atoms with Crippen molar-refractivity contribution in [1.82, 2.24) is 4.31 Å². The number of carboxylic acid groups (broad SMARTS) is 1. The Balaban J connectivity index is 1.84. The fourth-order valence-corrected chi connectivity index (χ4v) is 4.64. The number of hydrogen-bond acceptors (Lipinski definition) is 3. The van der Waals surface area contributed by atoms with Crippen molar-refractivity contribution in [3.63, 3.8) is 0 Å². The molecule has 132 valence electrons. The van der Waals surface area contributed by atoms with Gasteiger partial charge in [0.05, 0.1) is 10.5 Å². The molecule has 1 fully saturated rings. The number of piperidine rings is 1. The highest BCUT2D eigenvalue weighted by Gasteiger charge is 2.31. The van der Waals surface area contributed by atoms with Gasteiger partial charge in [-0.2, -0.15) is 4.31 Å². The van der Waals surface area contributed by atoms with Crippen molar-refractivity contribution in [3.8, 4) is 0 Å². The van der Waals surface area contributed by atoms with Gasteiger partial charge in [0, 0.05) is 13.1 Å². The Morgan fingerprint density at radius 3 is 2.56 bits per heavy atom. The Hall–Kier alpha value is -2.25. The Bertz CT molecular complexity index is 880. The molecule has 7 heteroatoms. The summed E-state index contributed by atoms with van der Waals surface area (Å²) in [5, 5.41) is 9.12. The van der Waals surface area contributed by atoms with E-state index in [9.17, 15) is 17.6 Å². The van der Waals surface area contributed by atoms with E-state index in [4.69, 9.17) is 5.11 Å². The first kappa shape index (κ1) is 17.6. The van der Waals surface area contributed by atoms with E-state index in [0.717, 1.165) is 24.1 Å². The van der Waals surface area contributed by atoms with Crippen LogP contribution in [0, 0.1) is 5.82 Å². The van der Waals surface area contributed by atoms with Crippen LogP contribution in [0.3, 0.4) is 0 Å². The summed E-state index contributed by atoms with van der Waals surface area (Å²) in [6.07, 6.45) is 1.47. The Labute approximate surface area is 145 Å². The normalized spacial score (nSPS) is 18.8. The van der Waals surface area contributed by atoms with Gasteiger partial charge in [-0.15, -0.1) is 0 Å². The molecule has 1 aliphatic heterocycles. The number of sulfonamides is 1. The minimum absolute atomic E-state index is 0.0637. The van der Waals surface area contributed by atoms with E-state index >= 15 is 0 Å². The summed E-state index contributed by atoms with van der Waals surface area (Å²) in [5.41, 5.74) is 1.01. The van der Waals surface area contributed by atoms with Crippen molar-refractivity contribution in [1.29, 1.82) is 0 Å². The lowest BCUT2D eigenvalue weighted by atomic mass is 9.91. The van der Waals surface area contributed by atoms with Gasteiger partial charge in [0.25, 0.3) is 0 Å². The maximum absolute atomic E-state index is 13.0. The average molecular weight is 363 g/mol. The zero-order chi connectivity index (χ0) is 18.0. The predicted octanol–water partition coefficient (Wildman–Crippen LogP) is 3.09. The first-order valence-electron chi connectivity index (χ1n) is 7.97. The van der Waals surface area contributed by atoms with Crippen LogP contribution in [0.4, 0.5) is 4.39 Å². The third-order valence-corrected chi connectivity index (χ3v) is 6.32. The molecule has 0 radical (unpaired) electrons. The molecule has 3 rings (SSSR count). The van der Waals surface area contributed by atoms with Gasteiger partial charge in [-0.1, -0.05) is 12.1 Å². The molecule has 1 atom stereocenters. The SMILES string of the molecule is O=C(O)c1cccc(C2CCCN(S(=O)(=O)c3ccc(F)cc3)C2)c1. The molecule has 25 heavy (non-hydrogen) atoms. The van der Waals surface area contributed by atoms with Crippen molar-refractivity contribution < 1.29 is 22.7 Å². The van der Waals surface area contributed by atoms with E-state index in [0.29, 0.717) is 13.0 Å². The van der Waals surface area contributed by atoms with Crippen molar-refractivity contribution in [3.05, 3.63) is 65.5 Å². The molecule has 1 aliphatic rings. The number of aromatic carboxylic acids is 1. The third kappa shape index (κ3) is 3.72. The van der Waals surface area contributed by atoms with E-state index in [1.807, 2.05) is 6.07 Å². The predicted molar refractivity (Wildman–Crippen MR) is 90.5 cm³/mol. The standard InChI is InChI=1S/C18H18FNO4S/c19-16-6-8-17(9-7-16)25(23,24)20-10-2-5-15(12-20)13-3-1-4-14(11-13)18(21)22/h1,3-4,6-9,11,15H,2,5,10,12H2,(H,21,22). The van der Waals surface area contributed by atoms with Crippen LogP contribution in [0.1, 0.15) is 34.7 Å². The summed E-state index contributed by atoms with van der Waals surface area (Å²) in [6, 6.07) is 11.4. The number of rotatable bonds is 4. The van der Waals surface area contributed by atoms with Gasteiger partial charge >= 0.3 is 5.97 Å². The fourth-order valence-electron chi connectivity index (χ4n) is 3.11. The minimum atomic E-state index is -3.70. The fraction of sp³-hybridized carbons (Fsp3) is 0.278. The van der Waals surface area contributed by atoms with Gasteiger partial charge < -0.3 is 5.11 Å². The second-order valence-electron chi connectivity index (χ2n) is 6.09. The van der Waals surface area contributed by atoms with Gasteiger partial charge in [0.15, 0.2) is 0 Å². The average Bonchev–Trinajstić information content (AvgIpc) is 2.62. The van der Waals surface area contributed by atoms with Crippen LogP contribution in [0.15, 0.2) is 53.4 Å². The molecule has 2 aromatic rings. The molecule has 1 unspecified atom stereocenters. The van der Waals surface area contributed by atoms with Crippen LogP contribution < -0.4 is 0 Å². The first-order valence-corrected chi connectivity index (χ1v) is 9.41. The van der Waals surface area contributed by atoms with E-state index in [2.05, 4.69) is 0 Å². The maximum atomic E-state index is 13.0. The molecule has 1 heterocycles. The second kappa shape index (κ2) is 6.93. The molecule has 1 saturated heterocycles. The van der Waals surface area contributed by atoms with Crippen molar-refractivity contribution in [2.45, 2.75) is 23.7 Å². The number of hydrogen-bond donors (Lipinski definition) is 1. The topological polar surface area (TPSA) is 74.7 Å². The molecule has 0 aliphatic carbocycles. The van der Waals surface area contributed by atoms with Crippen LogP contribution in [-0.4, -0.2) is 36.9 Å². The number of benzene rings is 2. The van der Waals surface area contributed by atoms with Crippen molar-refractivity contribution in [2.75, 3.05) is 13.1 Å². The lowest BCUT2D eigenvalue weighted by Crippen LogP contribution is -2.39. The van der Waals surface area contributed by atoms with Crippen LogP contribution in [-0.2, 0) is 10.0 Å². The molecular weight excluding hydrogens is 345 g/mol. The molecule has 0 aromatic heterocycles. The van der Waals surface area contributed by atoms with Gasteiger partial charge in [0.1, 0.15) is 5.82 Å². The number of carbonyl (C=O) groups is 1. The molecule has 5 nitrogen and oxygen atoms in total. The zero-order valence-corrected chi connectivity index (χ0v) is 14.2. The van der Waals surface area contributed by atoms with E-state index in [-0.39, 0.29) is 22.9 Å². The lowest BCUT2D eigenvalue weighted by Gasteiger charge is -2.32. The third-order valence-electron chi connectivity index (χ3n) is 4.44. The number of halogens is 1. The summed E-state index contributed by atoms with van der Waals surface area (Å²) >= 11 is 0. The smallest absolute Gasteiger partial charge is 0.335 e. The second-order valence-corrected chi connectivity index (χ2v) is 8.02. The quantitative estimate of drug-likeness (QED) is 0.906. The first-order chi connectivity index (χ1) is 11.9. The Kier molecular flexibility index (Phi) is 4.87. The summed E-state index contributed by atoms with van der Waals surface area (Å²) in [7, 11) is -3.70. The highest BCUT2D eigenvalue weighted by Crippen LogP contribution is 2.30. The van der Waals surface area contributed by atoms with Gasteiger partial charge in [-0.05, 0) is 60.7 Å². The molecule has 0 bridgehead atoms. The summed E-state index contributed by atoms with van der Waals surface area (Å²) in [6.45, 7) is 0.678. The molecule has 0 saturated carbocycles. The molecule has 0 spiro atoms. The Morgan fingerprint density at radius 1 is 1.16 bits per heavy atom. The van der Waals surface area contributed by atoms with Crippen LogP contribution >= 0.6 is 0 Å². The van der Waals surface area contributed by atoms with Gasteiger partial charge in [-0.3, -0.25) is 0 Å². The Morgan fingerprint density at radius 2 is 1.88 bits per heavy atom. The molecule has 2 aromatic carbocycles. The summed E-state index contributed by atoms with van der Waals surface area (Å²) in [5.74, 6) is -1.56. The van der Waals surface area contributed by atoms with E-state index in [1.165, 1.54) is 22.5 Å². The van der Waals surface area contributed by atoms with Gasteiger partial charge in [-0.25, -0.2) is 17.6 Å². The van der Waals surface area contributed by atoms with Crippen molar-refractivity contribution >= 4 is 16.0 Å². The summed E-state index contributed by atoms with van der Waals surface area (Å²) in [4.78, 5) is 11.2. The zero-order valence-electron chi connectivity index (χ0n) is 13.4. The van der Waals surface area contributed by atoms with E-state index < -0.39 is 21.8 Å². The number of carboxylic acids is 1. The lowest BCUT2D eigenvalue weighted by molar-refractivity contribution is 0.0696. The number of nitrogens with zero attached hydrogens (tertiary/aromatic N) is 1. The minimum Gasteiger partial charge on any atom is -0.478 e. The van der Waals surface area contributed by atoms with Gasteiger partial charge in [0.2, 0.25) is 10.0 Å². The molecular formula is C18H18FNO4S. The molecule has 0 amide bonds. The maximum Gasteiger partial charge on any atom is 0.335 e.